The largest absolute Gasteiger partial charge is 0.384 e. The van der Waals surface area contributed by atoms with Crippen LogP contribution in [0.1, 0.15) is 46.5 Å². The van der Waals surface area contributed by atoms with Gasteiger partial charge >= 0.3 is 0 Å². The van der Waals surface area contributed by atoms with Gasteiger partial charge in [-0.3, -0.25) is 0 Å². The first-order valence-corrected chi connectivity index (χ1v) is 5.90. The van der Waals surface area contributed by atoms with Crippen molar-refractivity contribution in [3.8, 4) is 6.07 Å². The number of aliphatic hydroxyl groups is 1. The van der Waals surface area contributed by atoms with Crippen molar-refractivity contribution in [3.05, 3.63) is 0 Å². The number of nitriles is 1. The fourth-order valence-electron chi connectivity index (χ4n) is 2.60. The first-order chi connectivity index (χ1) is 7.35. The summed E-state index contributed by atoms with van der Waals surface area (Å²) in [6, 6.07) is 2.16. The minimum Gasteiger partial charge on any atom is -0.384 e. The summed E-state index contributed by atoms with van der Waals surface area (Å²) >= 11 is 0. The summed E-state index contributed by atoms with van der Waals surface area (Å²) in [5.74, 6) is 0.577. The standard InChI is InChI=1S/C13H21NO2/c1-12(2,3)10-4-6-13(9-14,7-5-10)11(16)8-15/h8,10-11,16H,4-7H2,1-3H3. The van der Waals surface area contributed by atoms with Gasteiger partial charge in [0.25, 0.3) is 0 Å². The van der Waals surface area contributed by atoms with E-state index in [-0.39, 0.29) is 5.41 Å². The van der Waals surface area contributed by atoms with Crippen molar-refractivity contribution in [2.24, 2.45) is 16.7 Å². The van der Waals surface area contributed by atoms with E-state index in [2.05, 4.69) is 26.8 Å². The third kappa shape index (κ3) is 2.44. The van der Waals surface area contributed by atoms with Crippen LogP contribution in [0.15, 0.2) is 0 Å². The van der Waals surface area contributed by atoms with Crippen LogP contribution in [0.25, 0.3) is 0 Å². The molecule has 1 saturated carbocycles. The number of hydrogen-bond donors (Lipinski definition) is 1. The quantitative estimate of drug-likeness (QED) is 0.731. The summed E-state index contributed by atoms with van der Waals surface area (Å²) < 4.78 is 0. The van der Waals surface area contributed by atoms with Gasteiger partial charge in [0.1, 0.15) is 12.4 Å². The molecule has 0 bridgehead atoms. The molecule has 1 N–H and O–H groups in total. The van der Waals surface area contributed by atoms with E-state index in [1.165, 1.54) is 0 Å². The SMILES string of the molecule is CC(C)(C)C1CCC(C#N)(C(O)C=O)CC1. The Balaban J connectivity index is 2.73. The monoisotopic (exact) mass is 223 g/mol. The van der Waals surface area contributed by atoms with E-state index in [0.29, 0.717) is 25.0 Å². The Morgan fingerprint density at radius 1 is 1.44 bits per heavy atom. The molecule has 1 unspecified atom stereocenters. The minimum absolute atomic E-state index is 0.244. The van der Waals surface area contributed by atoms with Gasteiger partial charge in [-0.15, -0.1) is 0 Å². The molecule has 16 heavy (non-hydrogen) atoms. The lowest BCUT2D eigenvalue weighted by molar-refractivity contribution is -0.121. The summed E-state index contributed by atoms with van der Waals surface area (Å²) in [6.45, 7) is 6.60. The van der Waals surface area contributed by atoms with Gasteiger partial charge in [-0.2, -0.15) is 5.26 Å². The molecular formula is C13H21NO2. The third-order valence-electron chi connectivity index (χ3n) is 4.02. The van der Waals surface area contributed by atoms with Crippen LogP contribution in [0.4, 0.5) is 0 Å². The number of carbonyl (C=O) groups excluding carboxylic acids is 1. The van der Waals surface area contributed by atoms with Crippen molar-refractivity contribution in [3.63, 3.8) is 0 Å². The number of aliphatic hydroxyl groups excluding tert-OH is 1. The van der Waals surface area contributed by atoms with Gasteiger partial charge in [0.05, 0.1) is 11.5 Å². The molecule has 1 aliphatic carbocycles. The minimum atomic E-state index is -1.13. The van der Waals surface area contributed by atoms with Gasteiger partial charge in [0.15, 0.2) is 0 Å². The zero-order valence-corrected chi connectivity index (χ0v) is 10.4. The Labute approximate surface area is 97.5 Å². The maximum Gasteiger partial charge on any atom is 0.150 e. The molecule has 1 rings (SSSR count). The predicted molar refractivity (Wildman–Crippen MR) is 61.5 cm³/mol. The summed E-state index contributed by atoms with van der Waals surface area (Å²) in [4.78, 5) is 10.6. The number of carbonyl (C=O) groups is 1. The molecule has 0 saturated heterocycles. The highest BCUT2D eigenvalue weighted by atomic mass is 16.3. The summed E-state index contributed by atoms with van der Waals surface area (Å²) in [6.07, 6.45) is 2.47. The van der Waals surface area contributed by atoms with Crippen molar-refractivity contribution in [1.82, 2.24) is 0 Å². The van der Waals surface area contributed by atoms with Crippen molar-refractivity contribution in [1.29, 1.82) is 5.26 Å². The Kier molecular flexibility index (Phi) is 3.75. The van der Waals surface area contributed by atoms with E-state index in [4.69, 9.17) is 5.26 Å². The van der Waals surface area contributed by atoms with Gasteiger partial charge in [0, 0.05) is 0 Å². The summed E-state index contributed by atoms with van der Waals surface area (Å²) in [5.41, 5.74) is -0.586. The molecule has 1 atom stereocenters. The lowest BCUT2D eigenvalue weighted by Gasteiger charge is -2.41. The second-order valence-electron chi connectivity index (χ2n) is 5.99. The number of rotatable bonds is 2. The number of nitrogens with zero attached hydrogens (tertiary/aromatic N) is 1. The zero-order valence-electron chi connectivity index (χ0n) is 10.4. The molecule has 0 aromatic rings. The molecule has 0 aromatic carbocycles. The Morgan fingerprint density at radius 3 is 2.25 bits per heavy atom. The van der Waals surface area contributed by atoms with Crippen LogP contribution in [-0.2, 0) is 4.79 Å². The smallest absolute Gasteiger partial charge is 0.150 e. The van der Waals surface area contributed by atoms with Crippen molar-refractivity contribution in [2.75, 3.05) is 0 Å². The van der Waals surface area contributed by atoms with E-state index in [1.54, 1.807) is 0 Å². The predicted octanol–water partition coefficient (Wildman–Crippen LogP) is 2.29. The van der Waals surface area contributed by atoms with Gasteiger partial charge < -0.3 is 9.90 Å². The second kappa shape index (κ2) is 4.55. The van der Waals surface area contributed by atoms with Crippen molar-refractivity contribution < 1.29 is 9.90 Å². The van der Waals surface area contributed by atoms with Gasteiger partial charge in [-0.1, -0.05) is 20.8 Å². The second-order valence-corrected chi connectivity index (χ2v) is 5.99. The number of aldehydes is 1. The topological polar surface area (TPSA) is 61.1 Å². The van der Waals surface area contributed by atoms with Crippen LogP contribution in [0.5, 0.6) is 0 Å². The van der Waals surface area contributed by atoms with E-state index in [0.717, 1.165) is 12.8 Å². The highest BCUT2D eigenvalue weighted by Gasteiger charge is 2.43. The molecule has 3 heteroatoms. The highest BCUT2D eigenvalue weighted by molar-refractivity contribution is 5.58. The molecule has 90 valence electrons. The first-order valence-electron chi connectivity index (χ1n) is 5.90. The van der Waals surface area contributed by atoms with E-state index >= 15 is 0 Å². The molecule has 0 radical (unpaired) electrons. The van der Waals surface area contributed by atoms with Gasteiger partial charge in [0.2, 0.25) is 0 Å². The third-order valence-corrected chi connectivity index (χ3v) is 4.02. The van der Waals surface area contributed by atoms with Gasteiger partial charge in [-0.25, -0.2) is 0 Å². The van der Waals surface area contributed by atoms with Crippen LogP contribution in [0, 0.1) is 28.1 Å². The van der Waals surface area contributed by atoms with Crippen LogP contribution in [0.3, 0.4) is 0 Å². The Bertz CT molecular complexity index is 290. The molecular weight excluding hydrogens is 202 g/mol. The molecule has 0 heterocycles. The lowest BCUT2D eigenvalue weighted by atomic mass is 9.63. The maximum absolute atomic E-state index is 10.6. The van der Waals surface area contributed by atoms with Crippen LogP contribution < -0.4 is 0 Å². The fourth-order valence-corrected chi connectivity index (χ4v) is 2.60. The average molecular weight is 223 g/mol. The molecule has 1 aliphatic rings. The summed E-state index contributed by atoms with van der Waals surface area (Å²) in [7, 11) is 0. The van der Waals surface area contributed by atoms with E-state index in [1.807, 2.05) is 0 Å². The molecule has 3 nitrogen and oxygen atoms in total. The molecule has 1 fully saturated rings. The fraction of sp³-hybridized carbons (Fsp3) is 0.846. The first kappa shape index (κ1) is 13.2. The van der Waals surface area contributed by atoms with Crippen LogP contribution in [0.2, 0.25) is 0 Å². The summed E-state index contributed by atoms with van der Waals surface area (Å²) in [5, 5.41) is 18.8. The van der Waals surface area contributed by atoms with Crippen LogP contribution in [-0.4, -0.2) is 17.5 Å². The molecule has 0 aromatic heterocycles. The molecule has 0 spiro atoms. The zero-order chi connectivity index (χ0) is 12.4. The van der Waals surface area contributed by atoms with Crippen molar-refractivity contribution >= 4 is 6.29 Å². The van der Waals surface area contributed by atoms with E-state index in [9.17, 15) is 9.90 Å². The van der Waals surface area contributed by atoms with Gasteiger partial charge in [-0.05, 0) is 37.0 Å². The average Bonchev–Trinajstić information content (AvgIpc) is 2.26. The molecule has 0 amide bonds. The lowest BCUT2D eigenvalue weighted by Crippen LogP contribution is -2.40. The maximum atomic E-state index is 10.6. The van der Waals surface area contributed by atoms with Crippen molar-refractivity contribution in [2.45, 2.75) is 52.6 Å². The van der Waals surface area contributed by atoms with E-state index < -0.39 is 11.5 Å². The highest BCUT2D eigenvalue weighted by Crippen LogP contribution is 2.46. The molecule has 0 aliphatic heterocycles. The number of hydrogen-bond acceptors (Lipinski definition) is 3. The Morgan fingerprint density at radius 2 is 1.94 bits per heavy atom. The normalized spacial score (nSPS) is 32.8. The Hall–Kier alpha value is -0.880. The van der Waals surface area contributed by atoms with Crippen LogP contribution >= 0.6 is 0 Å².